The van der Waals surface area contributed by atoms with Crippen molar-refractivity contribution in [1.82, 2.24) is 100 Å². The van der Waals surface area contributed by atoms with E-state index in [9.17, 15) is 38.4 Å². The number of aromatic nitrogens is 16. The van der Waals surface area contributed by atoms with Crippen LogP contribution in [0.15, 0.2) is 72.7 Å². The van der Waals surface area contributed by atoms with Crippen molar-refractivity contribution in [3.8, 4) is 0 Å². The van der Waals surface area contributed by atoms with Crippen molar-refractivity contribution in [2.45, 2.75) is 216 Å². The lowest BCUT2D eigenvalue weighted by Gasteiger charge is -2.35. The normalized spacial score (nSPS) is 17.9. The second kappa shape index (κ2) is 33.2. The minimum absolute atomic E-state index is 0.186. The summed E-state index contributed by atoms with van der Waals surface area (Å²) in [5.74, 6) is 0.547. The Morgan fingerprint density at radius 3 is 1.06 bits per heavy atom. The van der Waals surface area contributed by atoms with E-state index < -0.39 is 38.8 Å². The molecule has 0 saturated heterocycles. The van der Waals surface area contributed by atoms with Crippen LogP contribution in [0, 0.1) is 0 Å². The van der Waals surface area contributed by atoms with E-state index in [1.807, 2.05) is 0 Å². The quantitative estimate of drug-likeness (QED) is 0.0317. The van der Waals surface area contributed by atoms with E-state index in [0.717, 1.165) is 147 Å². The second-order valence-corrected chi connectivity index (χ2v) is 44.5. The third-order valence-corrected chi connectivity index (χ3v) is 25.5. The zero-order chi connectivity index (χ0) is 77.8. The SMILES string of the molecule is C[Si](C)(C)CCOCn1ncc(N)n1.C[Si](C)(C)CCOCn1ncc(Nc2cc(Cl)c3n(c2=O)C2(CCCCC2)NC3=O)n1.O=C1NC2(CCCCC2)n2c1c(Cl)cc(Br)c2=O.O=C1NC2(CCCCC2)n2c1c(Cl)cc(Nc1cn[nH]n1)c2=O.O=C1NC2(CCCCC2)n2c1c(Cl)cc(Nc1cn[nH]n1)c2=O. The van der Waals surface area contributed by atoms with Crippen LogP contribution in [-0.2, 0) is 45.6 Å². The molecule has 34 nitrogen and oxygen atoms in total. The van der Waals surface area contributed by atoms with Gasteiger partial charge in [0.1, 0.15) is 62.5 Å². The maximum Gasteiger partial charge on any atom is 0.276 e. The Hall–Kier alpha value is -8.57. The molecular weight excluding hydrogens is 1590 g/mol. The van der Waals surface area contributed by atoms with Crippen LogP contribution < -0.4 is 65.2 Å². The molecule has 11 N–H and O–H groups in total. The highest BCUT2D eigenvalue weighted by molar-refractivity contribution is 9.10. The van der Waals surface area contributed by atoms with Gasteiger partial charge in [0.15, 0.2) is 36.7 Å². The molecule has 109 heavy (non-hydrogen) atoms. The van der Waals surface area contributed by atoms with Gasteiger partial charge in [-0.05, 0) is 155 Å². The van der Waals surface area contributed by atoms with E-state index in [2.05, 4.69) is 144 Å². The van der Waals surface area contributed by atoms with Crippen LogP contribution in [0.1, 0.15) is 170 Å². The highest BCUT2D eigenvalue weighted by atomic mass is 79.9. The molecule has 4 spiro atoms. The smallest absolute Gasteiger partial charge is 0.276 e. The van der Waals surface area contributed by atoms with Gasteiger partial charge in [0.05, 0.1) is 49.4 Å². The summed E-state index contributed by atoms with van der Waals surface area (Å²) in [6, 6.07) is 8.14. The van der Waals surface area contributed by atoms with Gasteiger partial charge in [-0.1, -0.05) is 111 Å². The number of nitrogens with two attached hydrogens (primary N) is 1. The second-order valence-electron chi connectivity index (χ2n) is 30.7. The molecule has 0 unspecified atom stereocenters. The van der Waals surface area contributed by atoms with Gasteiger partial charge in [0, 0.05) is 29.4 Å². The number of carbonyl (C=O) groups is 4. The number of anilines is 7. The minimum Gasteiger partial charge on any atom is -0.381 e. The van der Waals surface area contributed by atoms with Crippen molar-refractivity contribution in [3.63, 3.8) is 0 Å². The summed E-state index contributed by atoms with van der Waals surface area (Å²) in [6.45, 7) is 15.9. The lowest BCUT2D eigenvalue weighted by molar-refractivity contribution is 0.0686. The Bertz CT molecular complexity index is 4790. The highest BCUT2D eigenvalue weighted by Crippen LogP contribution is 2.43. The molecule has 0 atom stereocenters. The molecule has 0 aromatic carbocycles. The van der Waals surface area contributed by atoms with Crippen LogP contribution in [0.4, 0.5) is 40.3 Å². The molecule has 4 aliphatic carbocycles. The van der Waals surface area contributed by atoms with Crippen LogP contribution in [-0.4, -0.2) is 132 Å². The lowest BCUT2D eigenvalue weighted by Crippen LogP contribution is -2.48. The van der Waals surface area contributed by atoms with E-state index in [0.29, 0.717) is 51.8 Å². The molecule has 0 bridgehead atoms. The third-order valence-electron chi connectivity index (χ3n) is 20.4. The number of amides is 4. The van der Waals surface area contributed by atoms with Crippen molar-refractivity contribution in [2.24, 2.45) is 0 Å². The van der Waals surface area contributed by atoms with Crippen molar-refractivity contribution < 1.29 is 28.7 Å². The van der Waals surface area contributed by atoms with E-state index in [-0.39, 0.29) is 102 Å². The van der Waals surface area contributed by atoms with Crippen molar-refractivity contribution >= 4 is 142 Å². The maximum atomic E-state index is 13.3. The van der Waals surface area contributed by atoms with Gasteiger partial charge in [-0.3, -0.25) is 56.6 Å². The Balaban J connectivity index is 0.000000130. The fourth-order valence-electron chi connectivity index (χ4n) is 15.1. The van der Waals surface area contributed by atoms with Gasteiger partial charge >= 0.3 is 0 Å². The zero-order valence-corrected chi connectivity index (χ0v) is 67.9. The summed E-state index contributed by atoms with van der Waals surface area (Å²) in [5.41, 5.74) is 3.62. The summed E-state index contributed by atoms with van der Waals surface area (Å²) >= 11 is 28.3. The molecule has 4 saturated carbocycles. The molecule has 584 valence electrons. The number of rotatable bonds is 16. The molecule has 8 aromatic heterocycles. The monoisotopic (exact) mass is 1680 g/mol. The number of nitrogens with one attached hydrogen (secondary N) is 9. The van der Waals surface area contributed by atoms with Gasteiger partial charge in [-0.15, -0.1) is 20.4 Å². The molecule has 8 aliphatic rings. The Morgan fingerprint density at radius 2 is 0.752 bits per heavy atom. The van der Waals surface area contributed by atoms with Gasteiger partial charge in [0.25, 0.3) is 45.9 Å². The minimum atomic E-state index is -1.15. The largest absolute Gasteiger partial charge is 0.381 e. The predicted molar refractivity (Wildman–Crippen MR) is 420 cm³/mol. The Kier molecular flexibility index (Phi) is 24.3. The summed E-state index contributed by atoms with van der Waals surface area (Å²) in [4.78, 5) is 104. The number of hydrogen-bond donors (Lipinski definition) is 10. The van der Waals surface area contributed by atoms with Crippen LogP contribution in [0.5, 0.6) is 0 Å². The van der Waals surface area contributed by atoms with Gasteiger partial charge < -0.3 is 52.4 Å². The zero-order valence-electron chi connectivity index (χ0n) is 61.3. The number of aromatic amines is 2. The van der Waals surface area contributed by atoms with Crippen molar-refractivity contribution in [3.05, 3.63) is 138 Å². The van der Waals surface area contributed by atoms with Crippen LogP contribution in [0.3, 0.4) is 0 Å². The first-order valence-electron chi connectivity index (χ1n) is 36.5. The number of H-pyrrole nitrogens is 2. The molecule has 8 aromatic rings. The fraction of sp³-hybridized carbons (Fsp3) is 0.529. The summed E-state index contributed by atoms with van der Waals surface area (Å²) in [6.07, 6.45) is 24.1. The molecular formula is C68H89BrCl4N24O10Si2. The number of carbonyl (C=O) groups excluding carboxylic acids is 4. The number of halogens is 5. The first-order valence-corrected chi connectivity index (χ1v) is 46.2. The molecule has 4 amide bonds. The van der Waals surface area contributed by atoms with Gasteiger partial charge in [0.2, 0.25) is 0 Å². The molecule has 41 heteroatoms. The highest BCUT2D eigenvalue weighted by Gasteiger charge is 2.50. The van der Waals surface area contributed by atoms with Gasteiger partial charge in [-0.25, -0.2) is 0 Å². The average Bonchev–Trinajstić information content (AvgIpc) is 1.61. The van der Waals surface area contributed by atoms with E-state index in [4.69, 9.17) is 61.6 Å². The third kappa shape index (κ3) is 17.6. The van der Waals surface area contributed by atoms with Crippen molar-refractivity contribution in [1.29, 1.82) is 0 Å². The number of nitrogen functional groups attached to an aromatic ring is 1. The maximum absolute atomic E-state index is 13.3. The van der Waals surface area contributed by atoms with Gasteiger partial charge in [-0.2, -0.15) is 40.4 Å². The van der Waals surface area contributed by atoms with Crippen LogP contribution >= 0.6 is 62.3 Å². The molecule has 12 heterocycles. The van der Waals surface area contributed by atoms with Crippen LogP contribution in [0.2, 0.25) is 71.5 Å². The van der Waals surface area contributed by atoms with Crippen molar-refractivity contribution in [2.75, 3.05) is 34.9 Å². The topological polar surface area (TPSA) is 430 Å². The number of fused-ring (bicyclic) bond motifs is 8. The number of hydrogen-bond acceptors (Lipinski definition) is 22. The summed E-state index contributed by atoms with van der Waals surface area (Å²) in [5, 5.41) is 58.2. The Labute approximate surface area is 655 Å². The molecule has 4 fully saturated rings. The summed E-state index contributed by atoms with van der Waals surface area (Å²) in [7, 11) is -2.14. The van der Waals surface area contributed by atoms with E-state index in [1.165, 1.54) is 67.8 Å². The number of ether oxygens (including phenoxy) is 2. The lowest BCUT2D eigenvalue weighted by atomic mass is 9.89. The fourth-order valence-corrected chi connectivity index (χ4v) is 18.2. The molecule has 4 aliphatic heterocycles. The predicted octanol–water partition coefficient (Wildman–Crippen LogP) is 10.8. The Morgan fingerprint density at radius 1 is 0.440 bits per heavy atom. The average molecular weight is 1680 g/mol. The number of pyridine rings is 4. The first kappa shape index (κ1) is 80.0. The van der Waals surface area contributed by atoms with Crippen LogP contribution in [0.25, 0.3) is 0 Å². The standard InChI is InChI=1S/C20H29ClN6O3Si.2C14H15ClN6O2.C12H12BrClN2O2.C8H18N4OSi/c1-31(2,3)10-9-30-13-26-22-12-16(25-26)23-15-11-14(21)17-18(28)24-20(27(17)19(15)29)7-5-4-6-8-20;2*15-8-6-9(17-10-7-16-20-19-10)13(23)21-11(8)12(22)18-14(21)4-2-1-3-5-14;13-7-6-8(14)9-10(17)15-12(16(9)11(7)18)4-2-1-3-5-12;1-14(2,3)5-4-13-7-12-10-6-8(9)11-12/h11-12H,4-10,13H2,1-3H3,(H,23,25)(H,24,28);2*6-7H,1-5H2,(H,18,22)(H2,16,17,19,20);6H,1-5H2,(H,15,17);6H,4-5,7H2,1-3H3,(H2,9,11). The first-order chi connectivity index (χ1) is 51.9. The number of nitrogens with zero attached hydrogens (tertiary/aromatic N) is 14. The summed E-state index contributed by atoms with van der Waals surface area (Å²) < 4.78 is 17.6. The molecule has 0 radical (unpaired) electrons. The molecule has 16 rings (SSSR count). The van der Waals surface area contributed by atoms with E-state index in [1.54, 1.807) is 9.13 Å². The van der Waals surface area contributed by atoms with E-state index >= 15 is 0 Å².